The van der Waals surface area contributed by atoms with E-state index in [4.69, 9.17) is 0 Å². The third-order valence-electron chi connectivity index (χ3n) is 7.34. The van der Waals surface area contributed by atoms with Gasteiger partial charge in [-0.05, 0) is 69.2 Å². The summed E-state index contributed by atoms with van der Waals surface area (Å²) in [5.41, 5.74) is 4.10. The second kappa shape index (κ2) is 14.9. The zero-order valence-electron chi connectivity index (χ0n) is 25.3. The second-order valence-electron chi connectivity index (χ2n) is 12.0. The fraction of sp³-hybridized carbons (Fsp3) is 0.613. The van der Waals surface area contributed by atoms with Crippen molar-refractivity contribution >= 4 is 29.8 Å². The number of benzene rings is 1. The molecule has 1 saturated carbocycles. The van der Waals surface area contributed by atoms with Crippen molar-refractivity contribution in [1.29, 1.82) is 0 Å². The Kier molecular flexibility index (Phi) is 12.6. The van der Waals surface area contributed by atoms with E-state index in [9.17, 15) is 18.8 Å². The predicted molar refractivity (Wildman–Crippen MR) is 161 cm³/mol. The maximum absolute atomic E-state index is 12.3. The number of carbonyl (C=O) groups excluding carboxylic acids is 3. The number of hydrogen-bond acceptors (Lipinski definition) is 7. The third-order valence-corrected chi connectivity index (χ3v) is 8.31. The number of aromatic nitrogens is 1. The molecule has 2 fully saturated rings. The zero-order valence-corrected chi connectivity index (χ0v) is 26.1. The van der Waals surface area contributed by atoms with Crippen LogP contribution in [0.5, 0.6) is 0 Å². The van der Waals surface area contributed by atoms with Crippen molar-refractivity contribution in [2.75, 3.05) is 20.6 Å². The lowest BCUT2D eigenvalue weighted by Crippen LogP contribution is -2.53. The van der Waals surface area contributed by atoms with E-state index in [2.05, 4.69) is 60.7 Å². The largest absolute Gasteiger partial charge is 0.332 e. The number of carbonyl (C=O) groups is 3. The number of nitrogens with one attached hydrogen (secondary N) is 2. The lowest BCUT2D eigenvalue weighted by Gasteiger charge is -2.33. The Morgan fingerprint density at radius 2 is 1.77 bits per heavy atom. The third kappa shape index (κ3) is 9.28. The summed E-state index contributed by atoms with van der Waals surface area (Å²) in [7, 11) is 3.81. The first-order chi connectivity index (χ1) is 18.8. The molecule has 40 heavy (non-hydrogen) atoms. The van der Waals surface area contributed by atoms with E-state index in [1.54, 1.807) is 23.3 Å². The molecule has 9 heteroatoms. The SMILES string of the molecule is CNC(C(=O)N1CCCC1C=O)C(C)(C)C.CNC(c1ccc(-c2scnc2C)cc1)C(C)C.O=CC1(F)CC1. The van der Waals surface area contributed by atoms with Gasteiger partial charge in [-0.25, -0.2) is 9.37 Å². The summed E-state index contributed by atoms with van der Waals surface area (Å²) >= 11 is 1.70. The van der Waals surface area contributed by atoms with Crippen LogP contribution in [0.15, 0.2) is 29.8 Å². The van der Waals surface area contributed by atoms with Crippen molar-refractivity contribution in [3.05, 3.63) is 41.0 Å². The van der Waals surface area contributed by atoms with E-state index >= 15 is 0 Å². The number of aryl methyl sites for hydroxylation is 1. The lowest BCUT2D eigenvalue weighted by molar-refractivity contribution is -0.138. The summed E-state index contributed by atoms with van der Waals surface area (Å²) < 4.78 is 11.9. The molecule has 1 aliphatic carbocycles. The second-order valence-corrected chi connectivity index (χ2v) is 12.9. The van der Waals surface area contributed by atoms with Crippen LogP contribution in [0.25, 0.3) is 10.4 Å². The van der Waals surface area contributed by atoms with Gasteiger partial charge in [-0.2, -0.15) is 0 Å². The minimum atomic E-state index is -1.39. The molecule has 2 aromatic rings. The van der Waals surface area contributed by atoms with E-state index in [-0.39, 0.29) is 23.4 Å². The molecule has 2 heterocycles. The Morgan fingerprint density at radius 3 is 2.15 bits per heavy atom. The number of halogens is 1. The highest BCUT2D eigenvalue weighted by Crippen LogP contribution is 2.37. The Balaban J connectivity index is 0.000000233. The molecule has 7 nitrogen and oxygen atoms in total. The zero-order chi connectivity index (χ0) is 30.1. The van der Waals surface area contributed by atoms with Crippen molar-refractivity contribution in [1.82, 2.24) is 20.5 Å². The predicted octanol–water partition coefficient (Wildman–Crippen LogP) is 5.53. The normalized spacial score (nSPS) is 19.1. The first-order valence-corrected chi connectivity index (χ1v) is 15.0. The maximum Gasteiger partial charge on any atom is 0.240 e. The fourth-order valence-electron chi connectivity index (χ4n) is 4.84. The van der Waals surface area contributed by atoms with E-state index in [0.29, 0.717) is 37.6 Å². The van der Waals surface area contributed by atoms with Gasteiger partial charge in [-0.15, -0.1) is 11.3 Å². The molecule has 0 bridgehead atoms. The van der Waals surface area contributed by atoms with Gasteiger partial charge in [-0.1, -0.05) is 58.9 Å². The molecule has 1 aromatic carbocycles. The average Bonchev–Trinajstić information content (AvgIpc) is 3.27. The molecule has 3 atom stereocenters. The van der Waals surface area contributed by atoms with Crippen LogP contribution in [-0.4, -0.2) is 66.8 Å². The van der Waals surface area contributed by atoms with Gasteiger partial charge < -0.3 is 20.3 Å². The summed E-state index contributed by atoms with van der Waals surface area (Å²) in [6.45, 7) is 13.3. The fourth-order valence-corrected chi connectivity index (χ4v) is 5.65. The van der Waals surface area contributed by atoms with Crippen LogP contribution < -0.4 is 10.6 Å². The van der Waals surface area contributed by atoms with Crippen molar-refractivity contribution in [3.8, 4) is 10.4 Å². The number of hydrogen-bond donors (Lipinski definition) is 2. The summed E-state index contributed by atoms with van der Waals surface area (Å²) in [5.74, 6) is 0.635. The Hall–Kier alpha value is -2.49. The monoisotopic (exact) mass is 574 g/mol. The van der Waals surface area contributed by atoms with Crippen LogP contribution in [0.4, 0.5) is 4.39 Å². The molecular formula is C31H47FN4O3S. The average molecular weight is 575 g/mol. The number of amides is 1. The Labute approximate surface area is 243 Å². The highest BCUT2D eigenvalue weighted by Gasteiger charge is 2.42. The van der Waals surface area contributed by atoms with Gasteiger partial charge in [0.2, 0.25) is 5.91 Å². The molecule has 2 aliphatic rings. The number of likely N-dealkylation sites (N-methyl/N-ethyl adjacent to an activating group) is 1. The van der Waals surface area contributed by atoms with Gasteiger partial charge in [0, 0.05) is 12.6 Å². The molecule has 0 spiro atoms. The van der Waals surface area contributed by atoms with E-state index in [1.807, 2.05) is 33.3 Å². The number of rotatable bonds is 8. The Bertz CT molecular complexity index is 1090. The van der Waals surface area contributed by atoms with Gasteiger partial charge in [0.05, 0.1) is 28.2 Å². The van der Waals surface area contributed by atoms with Crippen molar-refractivity contribution in [2.45, 2.75) is 91.0 Å². The van der Waals surface area contributed by atoms with Crippen molar-refractivity contribution in [3.63, 3.8) is 0 Å². The van der Waals surface area contributed by atoms with Crippen molar-refractivity contribution < 1.29 is 18.8 Å². The van der Waals surface area contributed by atoms with Crippen LogP contribution in [0.1, 0.15) is 77.6 Å². The highest BCUT2D eigenvalue weighted by molar-refractivity contribution is 7.13. The van der Waals surface area contributed by atoms with Gasteiger partial charge in [0.25, 0.3) is 0 Å². The standard InChI is InChI=1S/C15H20N2S.C12H22N2O2.C4H5FO/c1-10(2)14(16-4)12-5-7-13(8-6-12)15-11(3)17-9-18-15;1-12(2,3)10(13-4)11(16)14-7-5-6-9(14)8-15;5-4(3-6)1-2-4/h5-10,14,16H,1-4H3;8-10,13H,5-7H2,1-4H3;3H,1-2H2. The number of likely N-dealkylation sites (tertiary alicyclic amines) is 1. The first-order valence-electron chi connectivity index (χ1n) is 14.1. The van der Waals surface area contributed by atoms with E-state index in [1.165, 1.54) is 16.0 Å². The van der Waals surface area contributed by atoms with E-state index < -0.39 is 5.67 Å². The Morgan fingerprint density at radius 1 is 1.15 bits per heavy atom. The molecule has 222 valence electrons. The topological polar surface area (TPSA) is 91.4 Å². The number of alkyl halides is 1. The molecule has 2 N–H and O–H groups in total. The molecule has 1 aromatic heterocycles. The minimum Gasteiger partial charge on any atom is -0.332 e. The minimum absolute atomic E-state index is 0.0459. The first kappa shape index (κ1) is 33.7. The van der Waals surface area contributed by atoms with Crippen molar-refractivity contribution in [2.24, 2.45) is 11.3 Å². The van der Waals surface area contributed by atoms with Gasteiger partial charge in [0.1, 0.15) is 6.29 Å². The summed E-state index contributed by atoms with van der Waals surface area (Å²) in [5, 5.41) is 6.43. The molecule has 4 rings (SSSR count). The van der Waals surface area contributed by atoms with Gasteiger partial charge in [0.15, 0.2) is 12.0 Å². The molecule has 3 unspecified atom stereocenters. The summed E-state index contributed by atoms with van der Waals surface area (Å²) in [6, 6.07) is 8.80. The molecule has 1 aliphatic heterocycles. The lowest BCUT2D eigenvalue weighted by atomic mass is 9.86. The van der Waals surface area contributed by atoms with Crippen LogP contribution in [0, 0.1) is 18.3 Å². The van der Waals surface area contributed by atoms with Gasteiger partial charge >= 0.3 is 0 Å². The number of nitrogens with zero attached hydrogens (tertiary/aromatic N) is 2. The summed E-state index contributed by atoms with van der Waals surface area (Å²) in [4.78, 5) is 40.0. The molecule has 1 saturated heterocycles. The number of thiazole rings is 1. The molecule has 0 radical (unpaired) electrons. The maximum atomic E-state index is 12.3. The highest BCUT2D eigenvalue weighted by atomic mass is 32.1. The smallest absolute Gasteiger partial charge is 0.240 e. The molecular weight excluding hydrogens is 527 g/mol. The quantitative estimate of drug-likeness (QED) is 0.403. The molecule has 1 amide bonds. The van der Waals surface area contributed by atoms with Crippen LogP contribution in [0.3, 0.4) is 0 Å². The van der Waals surface area contributed by atoms with Crippen LogP contribution in [-0.2, 0) is 14.4 Å². The summed E-state index contributed by atoms with van der Waals surface area (Å²) in [6.07, 6.45) is 3.88. The van der Waals surface area contributed by atoms with E-state index in [0.717, 1.165) is 24.8 Å². The van der Waals surface area contributed by atoms with Gasteiger partial charge in [-0.3, -0.25) is 9.59 Å². The number of aldehydes is 2. The van der Waals surface area contributed by atoms with Crippen LogP contribution in [0.2, 0.25) is 0 Å². The van der Waals surface area contributed by atoms with Crippen LogP contribution >= 0.6 is 11.3 Å².